The molecule has 0 fully saturated rings. The van der Waals surface area contributed by atoms with Crippen LogP contribution in [-0.4, -0.2) is 19.5 Å². The van der Waals surface area contributed by atoms with E-state index in [4.69, 9.17) is 4.98 Å². The van der Waals surface area contributed by atoms with Gasteiger partial charge in [-0.2, -0.15) is 0 Å². The minimum absolute atomic E-state index is 0.431. The number of hydrogen-bond donors (Lipinski definition) is 0. The summed E-state index contributed by atoms with van der Waals surface area (Å²) in [5.41, 5.74) is 14.3. The van der Waals surface area contributed by atoms with E-state index >= 15 is 0 Å². The van der Waals surface area contributed by atoms with Crippen molar-refractivity contribution in [2.45, 2.75) is 5.41 Å². The number of benzene rings is 4. The van der Waals surface area contributed by atoms with E-state index in [9.17, 15) is 0 Å². The number of nitrogens with zero attached hydrogens (tertiary/aromatic N) is 5. The van der Waals surface area contributed by atoms with Crippen molar-refractivity contribution in [1.29, 1.82) is 0 Å². The molecule has 5 heteroatoms. The van der Waals surface area contributed by atoms with Gasteiger partial charge < -0.3 is 4.57 Å². The molecule has 4 aromatic heterocycles. The first-order chi connectivity index (χ1) is 22.4. The fraction of sp³-hybridized carbons (Fsp3) is 0.0250. The Labute approximate surface area is 259 Å². The molecule has 1 aliphatic heterocycles. The van der Waals surface area contributed by atoms with Gasteiger partial charge in [0.2, 0.25) is 0 Å². The molecule has 210 valence electrons. The summed E-state index contributed by atoms with van der Waals surface area (Å²) in [7, 11) is 0. The lowest BCUT2D eigenvalue weighted by Crippen LogP contribution is -2.36. The maximum atomic E-state index is 5.14. The van der Waals surface area contributed by atoms with Crippen molar-refractivity contribution in [3.8, 4) is 16.8 Å². The monoisotopic (exact) mass is 575 g/mol. The Morgan fingerprint density at radius 3 is 1.49 bits per heavy atom. The van der Waals surface area contributed by atoms with Crippen molar-refractivity contribution in [3.63, 3.8) is 0 Å². The average Bonchev–Trinajstić information content (AvgIpc) is 3.60. The third-order valence-corrected chi connectivity index (χ3v) is 9.55. The van der Waals surface area contributed by atoms with Crippen molar-refractivity contribution in [3.05, 3.63) is 174 Å². The molecule has 2 aliphatic rings. The van der Waals surface area contributed by atoms with E-state index in [-0.39, 0.29) is 0 Å². The van der Waals surface area contributed by atoms with Crippen molar-refractivity contribution < 1.29 is 0 Å². The van der Waals surface area contributed by atoms with Crippen molar-refractivity contribution in [2.24, 2.45) is 0 Å². The van der Waals surface area contributed by atoms with Crippen LogP contribution in [0, 0.1) is 0 Å². The lowest BCUT2D eigenvalue weighted by molar-refractivity contribution is 0.751. The van der Waals surface area contributed by atoms with Gasteiger partial charge >= 0.3 is 0 Å². The van der Waals surface area contributed by atoms with Crippen LogP contribution < -0.4 is 4.90 Å². The Morgan fingerprint density at radius 2 is 0.956 bits per heavy atom. The summed E-state index contributed by atoms with van der Waals surface area (Å²) in [5.74, 6) is 0.866. The Kier molecular flexibility index (Phi) is 4.86. The predicted octanol–water partition coefficient (Wildman–Crippen LogP) is 9.11. The molecule has 0 radical (unpaired) electrons. The second kappa shape index (κ2) is 8.97. The molecule has 5 heterocycles. The fourth-order valence-corrected chi connectivity index (χ4v) is 7.88. The second-order valence-corrected chi connectivity index (χ2v) is 11.7. The minimum atomic E-state index is -0.431. The van der Waals surface area contributed by atoms with Crippen LogP contribution in [0.25, 0.3) is 38.9 Å². The average molecular weight is 576 g/mol. The molecule has 5 nitrogen and oxygen atoms in total. The van der Waals surface area contributed by atoms with Gasteiger partial charge in [-0.3, -0.25) is 14.9 Å². The van der Waals surface area contributed by atoms with Gasteiger partial charge in [-0.15, -0.1) is 0 Å². The highest BCUT2D eigenvalue weighted by Crippen LogP contribution is 2.63. The molecule has 8 aromatic rings. The number of anilines is 3. The fourth-order valence-electron chi connectivity index (χ4n) is 7.88. The zero-order valence-corrected chi connectivity index (χ0v) is 24.2. The molecule has 1 aliphatic carbocycles. The Bertz CT molecular complexity index is 2310. The van der Waals surface area contributed by atoms with Crippen LogP contribution in [0.3, 0.4) is 0 Å². The minimum Gasteiger partial charge on any atom is -0.304 e. The van der Waals surface area contributed by atoms with E-state index in [0.717, 1.165) is 44.9 Å². The Hall–Kier alpha value is -6.07. The van der Waals surface area contributed by atoms with E-state index in [2.05, 4.69) is 141 Å². The van der Waals surface area contributed by atoms with Gasteiger partial charge in [-0.25, -0.2) is 4.98 Å². The van der Waals surface area contributed by atoms with Crippen LogP contribution in [-0.2, 0) is 5.41 Å². The zero-order valence-electron chi connectivity index (χ0n) is 24.2. The van der Waals surface area contributed by atoms with Gasteiger partial charge in [0.15, 0.2) is 0 Å². The molecule has 0 bridgehead atoms. The Morgan fingerprint density at radius 1 is 0.444 bits per heavy atom. The quantitative estimate of drug-likeness (QED) is 0.206. The summed E-state index contributed by atoms with van der Waals surface area (Å²) in [4.78, 5) is 16.8. The summed E-state index contributed by atoms with van der Waals surface area (Å²) < 4.78 is 2.20. The molecular weight excluding hydrogens is 550 g/mol. The van der Waals surface area contributed by atoms with Gasteiger partial charge in [0.05, 0.1) is 39.7 Å². The van der Waals surface area contributed by atoms with Gasteiger partial charge in [0.25, 0.3) is 0 Å². The van der Waals surface area contributed by atoms with E-state index in [1.807, 2.05) is 30.7 Å². The molecule has 0 saturated carbocycles. The lowest BCUT2D eigenvalue weighted by Gasteiger charge is -2.44. The van der Waals surface area contributed by atoms with E-state index in [1.54, 1.807) is 0 Å². The molecule has 0 saturated heterocycles. The normalized spacial score (nSPS) is 13.9. The third kappa shape index (κ3) is 3.09. The summed E-state index contributed by atoms with van der Waals surface area (Å²) in [5, 5.41) is 0. The highest BCUT2D eigenvalue weighted by Gasteiger charge is 2.51. The summed E-state index contributed by atoms with van der Waals surface area (Å²) in [6, 6.07) is 47.8. The van der Waals surface area contributed by atoms with Gasteiger partial charge in [-0.05, 0) is 81.9 Å². The first-order valence-electron chi connectivity index (χ1n) is 15.2. The highest BCUT2D eigenvalue weighted by molar-refractivity contribution is 6.04. The highest BCUT2D eigenvalue weighted by atomic mass is 15.2. The molecule has 45 heavy (non-hydrogen) atoms. The number of rotatable bonds is 2. The van der Waals surface area contributed by atoms with Crippen molar-refractivity contribution in [1.82, 2.24) is 19.5 Å². The van der Waals surface area contributed by atoms with Gasteiger partial charge in [0, 0.05) is 12.4 Å². The number of para-hydroxylation sites is 2. The van der Waals surface area contributed by atoms with Crippen LogP contribution in [0.5, 0.6) is 0 Å². The molecule has 1 spiro atoms. The maximum absolute atomic E-state index is 5.14. The summed E-state index contributed by atoms with van der Waals surface area (Å²) in [6.07, 6.45) is 5.60. The maximum Gasteiger partial charge on any atom is 0.137 e. The summed E-state index contributed by atoms with van der Waals surface area (Å²) >= 11 is 0. The number of fused-ring (bicyclic) bond motifs is 12. The van der Waals surface area contributed by atoms with Gasteiger partial charge in [-0.1, -0.05) is 84.9 Å². The molecule has 0 atom stereocenters. The predicted molar refractivity (Wildman–Crippen MR) is 180 cm³/mol. The third-order valence-electron chi connectivity index (χ3n) is 9.55. The van der Waals surface area contributed by atoms with Crippen LogP contribution >= 0.6 is 0 Å². The zero-order chi connectivity index (χ0) is 29.5. The molecule has 0 N–H and O–H groups in total. The second-order valence-electron chi connectivity index (χ2n) is 11.7. The van der Waals surface area contributed by atoms with Crippen molar-refractivity contribution >= 4 is 39.3 Å². The number of pyridine rings is 3. The molecule has 10 rings (SSSR count). The number of aromatic nitrogens is 4. The lowest BCUT2D eigenvalue weighted by atomic mass is 9.65. The largest absolute Gasteiger partial charge is 0.304 e. The van der Waals surface area contributed by atoms with E-state index in [1.165, 1.54) is 33.4 Å². The van der Waals surface area contributed by atoms with Crippen LogP contribution in [0.15, 0.2) is 152 Å². The summed E-state index contributed by atoms with van der Waals surface area (Å²) in [6.45, 7) is 0. The first kappa shape index (κ1) is 24.4. The smallest absolute Gasteiger partial charge is 0.137 e. The standard InChI is InChI=1S/C40H25N5/c1-3-13-29-27(11-1)28-12-2-4-14-30(28)40(29)31-15-5-7-17-33(31)45(34-18-8-6-16-32(34)40)37-22-21-26(25-43-37)44-35-19-9-23-41-38(35)39-36(44)20-10-24-42-39/h1-25H. The first-order valence-corrected chi connectivity index (χ1v) is 15.2. The van der Waals surface area contributed by atoms with E-state index < -0.39 is 5.41 Å². The molecule has 0 unspecified atom stereocenters. The molecule has 4 aromatic carbocycles. The molecular formula is C40H25N5. The van der Waals surface area contributed by atoms with Crippen LogP contribution in [0.4, 0.5) is 17.2 Å². The topological polar surface area (TPSA) is 46.8 Å². The number of hydrogen-bond acceptors (Lipinski definition) is 4. The van der Waals surface area contributed by atoms with Crippen LogP contribution in [0.1, 0.15) is 22.3 Å². The molecule has 0 amide bonds. The van der Waals surface area contributed by atoms with Crippen molar-refractivity contribution in [2.75, 3.05) is 4.90 Å². The van der Waals surface area contributed by atoms with Crippen LogP contribution in [0.2, 0.25) is 0 Å². The SMILES string of the molecule is c1ccc2c(c1)-c1ccccc1C21c2ccccc2N(c2ccc(-n3c4cccnc4c4ncccc43)cn2)c2ccccc21. The van der Waals surface area contributed by atoms with Gasteiger partial charge in [0.1, 0.15) is 16.9 Å². The Balaban J connectivity index is 1.20. The van der Waals surface area contributed by atoms with E-state index in [0.29, 0.717) is 0 Å².